The molecule has 0 amide bonds. The highest BCUT2D eigenvalue weighted by atomic mass is 35.5. The number of imidazole rings is 1. The van der Waals surface area contributed by atoms with E-state index in [1.807, 2.05) is 22.8 Å². The molecule has 0 bridgehead atoms. The monoisotopic (exact) mass is 426 g/mol. The molecule has 0 fully saturated rings. The summed E-state index contributed by atoms with van der Waals surface area (Å²) in [6.45, 7) is 0.490. The molecule has 1 aromatic carbocycles. The quantitative estimate of drug-likeness (QED) is 0.657. The lowest BCUT2D eigenvalue weighted by molar-refractivity contribution is 0.277. The van der Waals surface area contributed by atoms with E-state index in [1.165, 1.54) is 4.57 Å². The number of aryl methyl sites for hydroxylation is 1. The number of fused-ring (bicyclic) bond motifs is 1. The number of nitrogens with zero attached hydrogens (tertiary/aromatic N) is 4. The van der Waals surface area contributed by atoms with Crippen molar-refractivity contribution in [2.45, 2.75) is 32.4 Å². The first-order valence-corrected chi connectivity index (χ1v) is 10.3. The average molecular weight is 427 g/mol. The minimum Gasteiger partial charge on any atom is -0.396 e. The van der Waals surface area contributed by atoms with Gasteiger partial charge in [-0.3, -0.25) is 13.9 Å². The molecule has 2 heterocycles. The van der Waals surface area contributed by atoms with E-state index in [9.17, 15) is 14.7 Å². The van der Waals surface area contributed by atoms with Crippen molar-refractivity contribution in [1.29, 1.82) is 0 Å². The lowest BCUT2D eigenvalue weighted by Gasteiger charge is -2.13. The molecule has 156 valence electrons. The van der Waals surface area contributed by atoms with Gasteiger partial charge >= 0.3 is 5.69 Å². The molecular weight excluding hydrogens is 404 g/mol. The Labute approximate surface area is 178 Å². The molecule has 8 heteroatoms. The van der Waals surface area contributed by atoms with Crippen molar-refractivity contribution in [3.63, 3.8) is 0 Å². The van der Waals surface area contributed by atoms with Gasteiger partial charge in [0.25, 0.3) is 5.56 Å². The zero-order valence-corrected chi connectivity index (χ0v) is 17.5. The summed E-state index contributed by atoms with van der Waals surface area (Å²) >= 11 is 6.45. The summed E-state index contributed by atoms with van der Waals surface area (Å²) in [5.41, 5.74) is 1.58. The van der Waals surface area contributed by atoms with Crippen LogP contribution in [0.2, 0.25) is 5.02 Å². The highest BCUT2D eigenvalue weighted by molar-refractivity contribution is 6.33. The molecule has 7 nitrogen and oxygen atoms in total. The summed E-state index contributed by atoms with van der Waals surface area (Å²) in [5, 5.41) is 9.70. The fourth-order valence-electron chi connectivity index (χ4n) is 3.77. The number of allylic oxidation sites excluding steroid dienone is 4. The number of benzene rings is 1. The summed E-state index contributed by atoms with van der Waals surface area (Å²) in [6, 6.07) is 7.33. The highest BCUT2D eigenvalue weighted by Gasteiger charge is 2.22. The van der Waals surface area contributed by atoms with Crippen molar-refractivity contribution >= 4 is 22.8 Å². The number of aliphatic hydroxyl groups is 1. The largest absolute Gasteiger partial charge is 0.396 e. The summed E-state index contributed by atoms with van der Waals surface area (Å²) < 4.78 is 4.39. The Balaban J connectivity index is 2.03. The molecule has 1 N–H and O–H groups in total. The first kappa shape index (κ1) is 20.4. The van der Waals surface area contributed by atoms with E-state index in [4.69, 9.17) is 11.6 Å². The van der Waals surface area contributed by atoms with Crippen molar-refractivity contribution in [3.05, 3.63) is 73.9 Å². The molecule has 1 aliphatic carbocycles. The molecule has 0 atom stereocenters. The number of rotatable bonds is 6. The smallest absolute Gasteiger partial charge is 0.332 e. The lowest BCUT2D eigenvalue weighted by atomic mass is 10.1. The van der Waals surface area contributed by atoms with E-state index in [1.54, 1.807) is 13.1 Å². The third-order valence-corrected chi connectivity index (χ3v) is 5.63. The van der Waals surface area contributed by atoms with Crippen LogP contribution in [-0.4, -0.2) is 30.4 Å². The Kier molecular flexibility index (Phi) is 5.74. The third-order valence-electron chi connectivity index (χ3n) is 5.30. The van der Waals surface area contributed by atoms with Crippen molar-refractivity contribution < 1.29 is 5.11 Å². The predicted octanol–water partition coefficient (Wildman–Crippen LogP) is 2.88. The topological polar surface area (TPSA) is 82.0 Å². The van der Waals surface area contributed by atoms with Gasteiger partial charge in [0.15, 0.2) is 11.2 Å². The molecule has 0 spiro atoms. The Morgan fingerprint density at radius 1 is 1.17 bits per heavy atom. The molecule has 1 aliphatic rings. The van der Waals surface area contributed by atoms with Gasteiger partial charge in [0.05, 0.1) is 5.02 Å². The summed E-state index contributed by atoms with van der Waals surface area (Å²) in [6.07, 6.45) is 8.57. The minimum atomic E-state index is -0.451. The molecule has 2 aromatic heterocycles. The minimum absolute atomic E-state index is 0.102. The molecule has 3 aromatic rings. The van der Waals surface area contributed by atoms with Gasteiger partial charge in [0, 0.05) is 32.3 Å². The summed E-state index contributed by atoms with van der Waals surface area (Å²) in [4.78, 5) is 30.8. The molecule has 0 saturated carbocycles. The van der Waals surface area contributed by atoms with Crippen LogP contribution in [-0.2, 0) is 20.1 Å². The van der Waals surface area contributed by atoms with Gasteiger partial charge in [0.2, 0.25) is 0 Å². The number of aromatic nitrogens is 4. The number of halogens is 1. The lowest BCUT2D eigenvalue weighted by Crippen LogP contribution is -2.40. The van der Waals surface area contributed by atoms with Crippen LogP contribution in [0.15, 0.2) is 57.7 Å². The third kappa shape index (κ3) is 3.55. The van der Waals surface area contributed by atoms with Crippen LogP contribution in [0.1, 0.15) is 19.3 Å². The number of aliphatic hydroxyl groups excluding tert-OH is 1. The van der Waals surface area contributed by atoms with Crippen molar-refractivity contribution in [2.24, 2.45) is 7.05 Å². The average Bonchev–Trinajstić information content (AvgIpc) is 3.12. The SMILES string of the molecule is Cn1c(=O)n(CCCO)c(=O)c2c1nc(-c1ccccc1Cl)n2CC1=CCCC=C1. The molecule has 0 saturated heterocycles. The Bertz CT molecular complexity index is 1280. The fraction of sp³-hybridized carbons (Fsp3) is 0.318. The molecule has 0 radical (unpaired) electrons. The van der Waals surface area contributed by atoms with Crippen molar-refractivity contribution in [3.8, 4) is 11.4 Å². The van der Waals surface area contributed by atoms with E-state index < -0.39 is 11.2 Å². The van der Waals surface area contributed by atoms with Gasteiger partial charge < -0.3 is 9.67 Å². The van der Waals surface area contributed by atoms with Gasteiger partial charge in [0.1, 0.15) is 5.82 Å². The van der Waals surface area contributed by atoms with E-state index in [0.717, 1.165) is 23.0 Å². The van der Waals surface area contributed by atoms with Gasteiger partial charge in [-0.15, -0.1) is 0 Å². The summed E-state index contributed by atoms with van der Waals surface area (Å²) in [7, 11) is 1.60. The van der Waals surface area contributed by atoms with Gasteiger partial charge in [-0.1, -0.05) is 42.0 Å². The second-order valence-corrected chi connectivity index (χ2v) is 7.72. The van der Waals surface area contributed by atoms with Crippen LogP contribution < -0.4 is 11.2 Å². The normalized spacial score (nSPS) is 13.8. The van der Waals surface area contributed by atoms with Crippen LogP contribution in [0.5, 0.6) is 0 Å². The maximum Gasteiger partial charge on any atom is 0.332 e. The molecule has 30 heavy (non-hydrogen) atoms. The standard InChI is InChI=1S/C22H23ClN4O3/c1-25-20-18(21(29)26(22(25)30)12-7-13-28)27(14-15-8-3-2-4-9-15)19(24-20)16-10-5-6-11-17(16)23/h3,5-6,8-11,28H,2,4,7,12-14H2,1H3. The fourth-order valence-corrected chi connectivity index (χ4v) is 3.99. The predicted molar refractivity (Wildman–Crippen MR) is 118 cm³/mol. The zero-order valence-electron chi connectivity index (χ0n) is 16.7. The second-order valence-electron chi connectivity index (χ2n) is 7.31. The Morgan fingerprint density at radius 3 is 2.67 bits per heavy atom. The second kappa shape index (κ2) is 8.45. The van der Waals surface area contributed by atoms with Crippen LogP contribution in [0.4, 0.5) is 0 Å². The van der Waals surface area contributed by atoms with Crippen molar-refractivity contribution in [2.75, 3.05) is 6.61 Å². The van der Waals surface area contributed by atoms with Crippen molar-refractivity contribution in [1.82, 2.24) is 18.7 Å². The first-order chi connectivity index (χ1) is 14.5. The Morgan fingerprint density at radius 2 is 1.97 bits per heavy atom. The van der Waals surface area contributed by atoms with E-state index in [2.05, 4.69) is 23.2 Å². The highest BCUT2D eigenvalue weighted by Crippen LogP contribution is 2.30. The zero-order chi connectivity index (χ0) is 21.3. The van der Waals surface area contributed by atoms with E-state index >= 15 is 0 Å². The van der Waals surface area contributed by atoms with Crippen LogP contribution in [0, 0.1) is 0 Å². The molecule has 4 rings (SSSR count). The van der Waals surface area contributed by atoms with E-state index in [0.29, 0.717) is 40.5 Å². The van der Waals surface area contributed by atoms with Crippen LogP contribution in [0.3, 0.4) is 0 Å². The van der Waals surface area contributed by atoms with E-state index in [-0.39, 0.29) is 13.2 Å². The summed E-state index contributed by atoms with van der Waals surface area (Å²) in [5.74, 6) is 0.544. The number of hydrogen-bond acceptors (Lipinski definition) is 4. The molecular formula is C22H23ClN4O3. The van der Waals surface area contributed by atoms with Crippen LogP contribution in [0.25, 0.3) is 22.6 Å². The first-order valence-electron chi connectivity index (χ1n) is 9.94. The molecule has 0 aliphatic heterocycles. The molecule has 0 unspecified atom stereocenters. The maximum absolute atomic E-state index is 13.3. The number of hydrogen-bond donors (Lipinski definition) is 1. The Hall–Kier alpha value is -2.90. The van der Waals surface area contributed by atoms with Gasteiger partial charge in [-0.2, -0.15) is 0 Å². The van der Waals surface area contributed by atoms with Gasteiger partial charge in [-0.05, 0) is 37.0 Å². The van der Waals surface area contributed by atoms with Gasteiger partial charge in [-0.25, -0.2) is 9.78 Å². The maximum atomic E-state index is 13.3. The van der Waals surface area contributed by atoms with Crippen LogP contribution >= 0.6 is 11.6 Å².